The van der Waals surface area contributed by atoms with Gasteiger partial charge in [0.2, 0.25) is 0 Å². The lowest BCUT2D eigenvalue weighted by Crippen LogP contribution is -1.93. The highest BCUT2D eigenvalue weighted by molar-refractivity contribution is 7.26. The van der Waals surface area contributed by atoms with Crippen LogP contribution < -0.4 is 0 Å². The fourth-order valence-electron chi connectivity index (χ4n) is 12.6. The Bertz CT molecular complexity index is 5400. The second-order valence-corrected chi connectivity index (χ2v) is 22.3. The topological polar surface area (TPSA) is 57.0 Å². The highest BCUT2D eigenvalue weighted by Gasteiger charge is 2.21. The minimum absolute atomic E-state index is 0.860. The van der Waals surface area contributed by atoms with Crippen LogP contribution in [0.2, 0.25) is 0 Å². The van der Waals surface area contributed by atoms with Crippen LogP contribution in [0.15, 0.2) is 282 Å². The summed E-state index contributed by atoms with van der Waals surface area (Å²) in [5.41, 5.74) is 22.4. The van der Waals surface area contributed by atoms with Crippen molar-refractivity contribution in [2.24, 2.45) is 0 Å². The van der Waals surface area contributed by atoms with Crippen molar-refractivity contribution in [3.8, 4) is 83.8 Å². The Hall–Kier alpha value is -10.7. The van der Waals surface area contributed by atoms with Gasteiger partial charge >= 0.3 is 0 Å². The van der Waals surface area contributed by atoms with Gasteiger partial charge in [0.25, 0.3) is 0 Å². The van der Waals surface area contributed by atoms with Crippen LogP contribution in [0.3, 0.4) is 0 Å². The molecule has 0 saturated heterocycles. The Morgan fingerprint density at radius 3 is 1.26 bits per heavy atom. The third-order valence-electron chi connectivity index (χ3n) is 16.5. The highest BCUT2D eigenvalue weighted by Crippen LogP contribution is 2.46. The molecule has 0 radical (unpaired) electrons. The molecule has 5 nitrogen and oxygen atoms in total. The minimum atomic E-state index is 0.860. The molecule has 0 aliphatic heterocycles. The zero-order chi connectivity index (χ0) is 53.8. The highest BCUT2D eigenvalue weighted by atomic mass is 32.1. The number of nitrogens with zero attached hydrogens (tertiary/aromatic N) is 3. The third kappa shape index (κ3) is 7.46. The average Bonchev–Trinajstić information content (AvgIpc) is 4.25. The van der Waals surface area contributed by atoms with Gasteiger partial charge in [-0.1, -0.05) is 133 Å². The molecule has 0 amide bonds. The molecule has 382 valence electrons. The van der Waals surface area contributed by atoms with E-state index >= 15 is 0 Å². The molecule has 6 heteroatoms. The fraction of sp³-hybridized carbons (Fsp3) is 0. The summed E-state index contributed by atoms with van der Waals surface area (Å²) in [4.78, 5) is 9.45. The lowest BCUT2D eigenvalue weighted by Gasteiger charge is -2.11. The van der Waals surface area contributed by atoms with Gasteiger partial charge in [0, 0.05) is 87.3 Å². The molecule has 0 fully saturated rings. The first-order chi connectivity index (χ1) is 40.6. The van der Waals surface area contributed by atoms with E-state index in [0.29, 0.717) is 0 Å². The van der Waals surface area contributed by atoms with E-state index in [1.807, 2.05) is 41.9 Å². The molecule has 6 aromatic heterocycles. The predicted octanol–water partition coefficient (Wildman–Crippen LogP) is 21.4. The van der Waals surface area contributed by atoms with Gasteiger partial charge in [-0.15, -0.1) is 11.3 Å². The van der Waals surface area contributed by atoms with Gasteiger partial charge in [0.15, 0.2) is 0 Å². The standard InChI is InChI=1S/C76H45N3O2S/c1-2-14-53(15-3-1)79-69-30-24-46(38-60(69)61-41-49(25-31-70(61)79)54-16-4-6-18-56(54)67-21-10-12-36-77-67)47-26-32-71-62(39-47)65-43-51(29-35-74(65)80-71)59-44-52(45-66-58-20-8-9-23-75(58)82-76(59)66)48-27-33-72-63(40-48)64-42-50(28-34-73(64)81-72)55-17-5-7-19-57(55)68-22-11-13-37-78-68/h1-45H. The maximum atomic E-state index is 6.66. The molecule has 0 bridgehead atoms. The zero-order valence-electron chi connectivity index (χ0n) is 44.0. The number of thiophene rings is 1. The predicted molar refractivity (Wildman–Crippen MR) is 342 cm³/mol. The molecule has 0 saturated carbocycles. The maximum Gasteiger partial charge on any atom is 0.135 e. The average molecular weight is 1060 g/mol. The van der Waals surface area contributed by atoms with Crippen LogP contribution >= 0.6 is 11.3 Å². The Labute approximate surface area is 474 Å². The number of para-hydroxylation sites is 1. The Kier molecular flexibility index (Phi) is 10.4. The van der Waals surface area contributed by atoms with Gasteiger partial charge in [-0.3, -0.25) is 9.97 Å². The van der Waals surface area contributed by atoms with E-state index in [1.165, 1.54) is 36.5 Å². The lowest BCUT2D eigenvalue weighted by atomic mass is 9.93. The molecule has 17 aromatic rings. The van der Waals surface area contributed by atoms with E-state index in [9.17, 15) is 0 Å². The van der Waals surface area contributed by atoms with Crippen LogP contribution in [-0.2, 0) is 0 Å². The number of aromatic nitrogens is 3. The molecule has 0 aliphatic carbocycles. The van der Waals surface area contributed by atoms with Crippen LogP contribution in [0.5, 0.6) is 0 Å². The van der Waals surface area contributed by atoms with Gasteiger partial charge in [-0.2, -0.15) is 0 Å². The van der Waals surface area contributed by atoms with Crippen molar-refractivity contribution in [2.75, 3.05) is 0 Å². The smallest absolute Gasteiger partial charge is 0.135 e. The molecular weight excluding hydrogens is 1020 g/mol. The van der Waals surface area contributed by atoms with Gasteiger partial charge in [-0.05, 0) is 177 Å². The van der Waals surface area contributed by atoms with Crippen LogP contribution in [0, 0.1) is 0 Å². The molecule has 6 heterocycles. The molecule has 0 spiro atoms. The number of benzene rings is 11. The van der Waals surface area contributed by atoms with Crippen LogP contribution in [0.4, 0.5) is 0 Å². The van der Waals surface area contributed by atoms with Crippen molar-refractivity contribution < 1.29 is 8.83 Å². The van der Waals surface area contributed by atoms with Crippen LogP contribution in [-0.4, -0.2) is 14.5 Å². The summed E-state index contributed by atoms with van der Waals surface area (Å²) in [5, 5.41) is 9.20. The molecule has 0 unspecified atom stereocenters. The second-order valence-electron chi connectivity index (χ2n) is 21.2. The molecule has 82 heavy (non-hydrogen) atoms. The monoisotopic (exact) mass is 1060 g/mol. The summed E-state index contributed by atoms with van der Waals surface area (Å²) in [5.74, 6) is 0. The zero-order valence-corrected chi connectivity index (χ0v) is 44.9. The number of furan rings is 2. The summed E-state index contributed by atoms with van der Waals surface area (Å²) in [6, 6.07) is 93.8. The number of hydrogen-bond acceptors (Lipinski definition) is 5. The van der Waals surface area contributed by atoms with Gasteiger partial charge in [0.05, 0.1) is 22.4 Å². The molecular formula is C76H45N3O2S. The van der Waals surface area contributed by atoms with Crippen molar-refractivity contribution in [3.63, 3.8) is 0 Å². The third-order valence-corrected chi connectivity index (χ3v) is 17.8. The van der Waals surface area contributed by atoms with E-state index in [-0.39, 0.29) is 0 Å². The summed E-state index contributed by atoms with van der Waals surface area (Å²) in [6.45, 7) is 0. The first kappa shape index (κ1) is 46.3. The van der Waals surface area contributed by atoms with Crippen LogP contribution in [0.1, 0.15) is 0 Å². The maximum absolute atomic E-state index is 6.66. The number of rotatable bonds is 8. The lowest BCUT2D eigenvalue weighted by molar-refractivity contribution is 0.668. The molecule has 11 aromatic carbocycles. The largest absolute Gasteiger partial charge is 0.456 e. The first-order valence-electron chi connectivity index (χ1n) is 27.7. The van der Waals surface area contributed by atoms with Crippen molar-refractivity contribution >= 4 is 97.2 Å². The quantitative estimate of drug-likeness (QED) is 0.152. The number of pyridine rings is 2. The van der Waals surface area contributed by atoms with E-state index in [1.54, 1.807) is 0 Å². The second kappa shape index (κ2) is 18.5. The summed E-state index contributed by atoms with van der Waals surface area (Å²) < 4.78 is 18.1. The van der Waals surface area contributed by atoms with Crippen LogP contribution in [0.25, 0.3) is 170 Å². The fourth-order valence-corrected chi connectivity index (χ4v) is 13.9. The van der Waals surface area contributed by atoms with Gasteiger partial charge < -0.3 is 13.4 Å². The van der Waals surface area contributed by atoms with E-state index < -0.39 is 0 Å². The van der Waals surface area contributed by atoms with Gasteiger partial charge in [-0.25, -0.2) is 0 Å². The molecule has 0 aliphatic rings. The Balaban J connectivity index is 0.793. The van der Waals surface area contributed by atoms with Crippen molar-refractivity contribution in [1.29, 1.82) is 0 Å². The minimum Gasteiger partial charge on any atom is -0.456 e. The van der Waals surface area contributed by atoms with E-state index in [2.05, 4.69) is 247 Å². The van der Waals surface area contributed by atoms with Crippen molar-refractivity contribution in [1.82, 2.24) is 14.5 Å². The van der Waals surface area contributed by atoms with Crippen molar-refractivity contribution in [3.05, 3.63) is 273 Å². The SMILES string of the molecule is c1ccc(-n2c3ccc(-c4ccc5oc6ccc(-c7cc(-c8ccc9oc%10ccc(-c%11ccccc%11-c%11ccccn%11)cc%10c9c8)cc8c7sc7ccccc78)cc6c5c4)cc3c3cc(-c4ccccc4-c4ccccn4)ccc32)cc1. The Morgan fingerprint density at radius 2 is 0.695 bits per heavy atom. The normalized spacial score (nSPS) is 11.9. The Morgan fingerprint density at radius 1 is 0.280 bits per heavy atom. The summed E-state index contributed by atoms with van der Waals surface area (Å²) in [6.07, 6.45) is 3.72. The number of fused-ring (bicyclic) bond motifs is 12. The molecule has 0 N–H and O–H groups in total. The van der Waals surface area contributed by atoms with Crippen molar-refractivity contribution in [2.45, 2.75) is 0 Å². The first-order valence-corrected chi connectivity index (χ1v) is 28.5. The summed E-state index contributed by atoms with van der Waals surface area (Å²) in [7, 11) is 0. The molecule has 17 rings (SSSR count). The van der Waals surface area contributed by atoms with E-state index in [0.717, 1.165) is 133 Å². The molecule has 0 atom stereocenters. The van der Waals surface area contributed by atoms with E-state index in [4.69, 9.17) is 18.8 Å². The van der Waals surface area contributed by atoms with Gasteiger partial charge in [0.1, 0.15) is 22.3 Å². The summed E-state index contributed by atoms with van der Waals surface area (Å²) >= 11 is 1.86. The number of hydrogen-bond donors (Lipinski definition) is 0.